The molecule has 0 fully saturated rings. The van der Waals surface area contributed by atoms with Gasteiger partial charge in [-0.25, -0.2) is 8.78 Å². The molecule has 2 nitrogen and oxygen atoms in total. The van der Waals surface area contributed by atoms with Crippen LogP contribution in [0.25, 0.3) is 21.8 Å². The minimum Gasteiger partial charge on any atom is -0.361 e. The third kappa shape index (κ3) is 1.83. The normalized spacial score (nSPS) is 11.5. The smallest absolute Gasteiger partial charge is 0.132 e. The maximum Gasteiger partial charge on any atom is 0.132 e. The molecule has 0 amide bonds. The fourth-order valence-electron chi connectivity index (χ4n) is 2.90. The zero-order valence-corrected chi connectivity index (χ0v) is 11.1. The summed E-state index contributed by atoms with van der Waals surface area (Å²) < 4.78 is 28.0. The molecule has 0 radical (unpaired) electrons. The maximum atomic E-state index is 14.0. The van der Waals surface area contributed by atoms with Crippen LogP contribution in [0, 0.1) is 11.6 Å². The monoisotopic (exact) mass is 282 g/mol. The van der Waals surface area contributed by atoms with Crippen LogP contribution >= 0.6 is 0 Å². The molecule has 4 heteroatoms. The molecule has 0 bridgehead atoms. The number of fused-ring (bicyclic) bond motifs is 2. The average molecular weight is 282 g/mol. The number of H-pyrrole nitrogens is 2. The maximum absolute atomic E-state index is 14.0. The summed E-state index contributed by atoms with van der Waals surface area (Å²) in [6, 6.07) is 9.88. The Kier molecular flexibility index (Phi) is 2.57. The van der Waals surface area contributed by atoms with Gasteiger partial charge in [0.2, 0.25) is 0 Å². The second-order valence-corrected chi connectivity index (χ2v) is 5.13. The Labute approximate surface area is 119 Å². The lowest BCUT2D eigenvalue weighted by molar-refractivity contribution is 0.638. The largest absolute Gasteiger partial charge is 0.361 e. The van der Waals surface area contributed by atoms with E-state index in [0.29, 0.717) is 17.2 Å². The van der Waals surface area contributed by atoms with Crippen LogP contribution in [-0.2, 0) is 6.42 Å². The van der Waals surface area contributed by atoms with Gasteiger partial charge in [-0.3, -0.25) is 0 Å². The Balaban J connectivity index is 1.87. The summed E-state index contributed by atoms with van der Waals surface area (Å²) in [6.07, 6.45) is 4.04. The number of aromatic amines is 2. The van der Waals surface area contributed by atoms with Crippen molar-refractivity contribution >= 4 is 21.8 Å². The van der Waals surface area contributed by atoms with Crippen molar-refractivity contribution in [2.24, 2.45) is 0 Å². The van der Waals surface area contributed by atoms with Crippen molar-refractivity contribution in [2.75, 3.05) is 0 Å². The molecule has 104 valence electrons. The lowest BCUT2D eigenvalue weighted by Crippen LogP contribution is -1.88. The predicted octanol–water partition coefficient (Wildman–Crippen LogP) is 4.52. The van der Waals surface area contributed by atoms with Crippen LogP contribution in [0.15, 0.2) is 48.8 Å². The molecule has 4 aromatic rings. The molecule has 4 rings (SSSR count). The van der Waals surface area contributed by atoms with Gasteiger partial charge in [0.1, 0.15) is 11.6 Å². The summed E-state index contributed by atoms with van der Waals surface area (Å²) in [5, 5.41) is 1.14. The van der Waals surface area contributed by atoms with Crippen molar-refractivity contribution in [3.63, 3.8) is 0 Å². The minimum atomic E-state index is -0.260. The molecule has 2 N–H and O–H groups in total. The number of aromatic nitrogens is 2. The summed E-state index contributed by atoms with van der Waals surface area (Å²) in [5.41, 5.74) is 3.16. The number of hydrogen-bond donors (Lipinski definition) is 2. The quantitative estimate of drug-likeness (QED) is 0.542. The van der Waals surface area contributed by atoms with Gasteiger partial charge in [0, 0.05) is 40.6 Å². The summed E-state index contributed by atoms with van der Waals surface area (Å²) in [6.45, 7) is 0. The topological polar surface area (TPSA) is 31.6 Å². The van der Waals surface area contributed by atoms with Crippen molar-refractivity contribution in [1.29, 1.82) is 0 Å². The Hall–Kier alpha value is -2.62. The molecule has 0 unspecified atom stereocenters. The summed E-state index contributed by atoms with van der Waals surface area (Å²) in [5.74, 6) is -0.520. The van der Waals surface area contributed by atoms with E-state index in [9.17, 15) is 8.78 Å². The first-order chi connectivity index (χ1) is 10.2. The standard InChI is InChI=1S/C17H12F2N2/c18-12-3-1-5-14-16(12)10(8-20-14)7-11-9-21-15-6-2-4-13(19)17(11)15/h1-6,8-9,20-21H,7H2. The zero-order chi connectivity index (χ0) is 14.4. The molecule has 0 aliphatic rings. The molecule has 0 aliphatic heterocycles. The minimum absolute atomic E-state index is 0.260. The summed E-state index contributed by atoms with van der Waals surface area (Å²) >= 11 is 0. The van der Waals surface area contributed by atoms with Crippen molar-refractivity contribution in [2.45, 2.75) is 6.42 Å². The Bertz CT molecular complexity index is 872. The van der Waals surface area contributed by atoms with Gasteiger partial charge in [-0.2, -0.15) is 0 Å². The molecule has 0 spiro atoms. The van der Waals surface area contributed by atoms with Crippen molar-refractivity contribution < 1.29 is 8.78 Å². The van der Waals surface area contributed by atoms with Crippen LogP contribution in [-0.4, -0.2) is 9.97 Å². The van der Waals surface area contributed by atoms with Crippen molar-refractivity contribution in [3.05, 3.63) is 71.6 Å². The average Bonchev–Trinajstić information content (AvgIpc) is 3.06. The molecule has 2 aromatic heterocycles. The van der Waals surface area contributed by atoms with E-state index in [1.54, 1.807) is 24.5 Å². The van der Waals surface area contributed by atoms with Gasteiger partial charge in [-0.15, -0.1) is 0 Å². The van der Waals surface area contributed by atoms with E-state index in [0.717, 1.165) is 22.2 Å². The van der Waals surface area contributed by atoms with Crippen molar-refractivity contribution in [3.8, 4) is 0 Å². The Morgan fingerprint density at radius 2 is 1.19 bits per heavy atom. The van der Waals surface area contributed by atoms with Gasteiger partial charge in [0.25, 0.3) is 0 Å². The van der Waals surface area contributed by atoms with E-state index in [1.165, 1.54) is 12.1 Å². The van der Waals surface area contributed by atoms with Gasteiger partial charge in [-0.1, -0.05) is 12.1 Å². The number of rotatable bonds is 2. The van der Waals surface area contributed by atoms with E-state index < -0.39 is 0 Å². The van der Waals surface area contributed by atoms with Gasteiger partial charge < -0.3 is 9.97 Å². The molecule has 0 atom stereocenters. The van der Waals surface area contributed by atoms with Gasteiger partial charge in [0.15, 0.2) is 0 Å². The highest BCUT2D eigenvalue weighted by Gasteiger charge is 2.13. The third-order valence-electron chi connectivity index (χ3n) is 3.85. The molecule has 0 aliphatic carbocycles. The van der Waals surface area contributed by atoms with E-state index in [4.69, 9.17) is 0 Å². The highest BCUT2D eigenvalue weighted by atomic mass is 19.1. The lowest BCUT2D eigenvalue weighted by Gasteiger charge is -2.01. The van der Waals surface area contributed by atoms with Gasteiger partial charge in [-0.05, 0) is 35.4 Å². The second kappa shape index (κ2) is 4.45. The molecule has 0 saturated heterocycles. The molecule has 2 heterocycles. The predicted molar refractivity (Wildman–Crippen MR) is 79.3 cm³/mol. The van der Waals surface area contributed by atoms with Crippen LogP contribution < -0.4 is 0 Å². The molecule has 2 aromatic carbocycles. The van der Waals surface area contributed by atoms with Crippen LogP contribution in [0.4, 0.5) is 8.78 Å². The molecule has 0 saturated carbocycles. The number of benzene rings is 2. The molecule has 21 heavy (non-hydrogen) atoms. The van der Waals surface area contributed by atoms with E-state index >= 15 is 0 Å². The highest BCUT2D eigenvalue weighted by Crippen LogP contribution is 2.28. The van der Waals surface area contributed by atoms with Gasteiger partial charge in [0.05, 0.1) is 0 Å². The van der Waals surface area contributed by atoms with Crippen LogP contribution in [0.2, 0.25) is 0 Å². The first kappa shape index (κ1) is 12.1. The Morgan fingerprint density at radius 1 is 0.714 bits per heavy atom. The fraction of sp³-hybridized carbons (Fsp3) is 0.0588. The molecular weight excluding hydrogens is 270 g/mol. The van der Waals surface area contributed by atoms with Gasteiger partial charge >= 0.3 is 0 Å². The zero-order valence-electron chi connectivity index (χ0n) is 11.1. The van der Waals surface area contributed by atoms with E-state index in [1.807, 2.05) is 12.1 Å². The Morgan fingerprint density at radius 3 is 1.67 bits per heavy atom. The van der Waals surface area contributed by atoms with E-state index in [-0.39, 0.29) is 11.6 Å². The van der Waals surface area contributed by atoms with Crippen LogP contribution in [0.1, 0.15) is 11.1 Å². The first-order valence-electron chi connectivity index (χ1n) is 6.73. The van der Waals surface area contributed by atoms with Crippen LogP contribution in [0.5, 0.6) is 0 Å². The number of nitrogens with one attached hydrogen (secondary N) is 2. The fourth-order valence-corrected chi connectivity index (χ4v) is 2.90. The third-order valence-corrected chi connectivity index (χ3v) is 3.85. The first-order valence-corrected chi connectivity index (χ1v) is 6.73. The molecular formula is C17H12F2N2. The number of halogens is 2. The number of hydrogen-bond acceptors (Lipinski definition) is 0. The SMILES string of the molecule is Fc1cccc2[nH]cc(Cc3c[nH]c4cccc(F)c34)c12. The second-order valence-electron chi connectivity index (χ2n) is 5.13. The highest BCUT2D eigenvalue weighted by molar-refractivity contribution is 5.87. The van der Waals surface area contributed by atoms with Crippen molar-refractivity contribution in [1.82, 2.24) is 9.97 Å². The van der Waals surface area contributed by atoms with Crippen LogP contribution in [0.3, 0.4) is 0 Å². The lowest BCUT2D eigenvalue weighted by atomic mass is 10.0. The summed E-state index contributed by atoms with van der Waals surface area (Å²) in [4.78, 5) is 6.12. The summed E-state index contributed by atoms with van der Waals surface area (Å²) in [7, 11) is 0. The van der Waals surface area contributed by atoms with E-state index in [2.05, 4.69) is 9.97 Å².